The molecule has 1 amide bonds. The van der Waals surface area contributed by atoms with E-state index in [1.165, 1.54) is 18.4 Å². The molecular formula is C16H23ClN2O2. The van der Waals surface area contributed by atoms with Crippen molar-refractivity contribution >= 4 is 17.5 Å². The van der Waals surface area contributed by atoms with E-state index in [4.69, 9.17) is 16.3 Å². The number of nitrogens with zero attached hydrogens (tertiary/aromatic N) is 1. The van der Waals surface area contributed by atoms with Crippen molar-refractivity contribution in [2.45, 2.75) is 31.8 Å². The molecule has 5 heteroatoms. The van der Waals surface area contributed by atoms with Gasteiger partial charge in [0.1, 0.15) is 0 Å². The summed E-state index contributed by atoms with van der Waals surface area (Å²) in [6, 6.07) is 8.38. The third kappa shape index (κ3) is 6.04. The molecule has 0 unspecified atom stereocenters. The van der Waals surface area contributed by atoms with Gasteiger partial charge in [-0.1, -0.05) is 23.7 Å². The van der Waals surface area contributed by atoms with E-state index in [2.05, 4.69) is 10.2 Å². The van der Waals surface area contributed by atoms with Crippen molar-refractivity contribution in [1.82, 2.24) is 10.2 Å². The normalized spacial score (nSPS) is 14.4. The van der Waals surface area contributed by atoms with E-state index in [-0.39, 0.29) is 5.91 Å². The van der Waals surface area contributed by atoms with E-state index < -0.39 is 0 Å². The summed E-state index contributed by atoms with van der Waals surface area (Å²) in [4.78, 5) is 14.2. The highest BCUT2D eigenvalue weighted by molar-refractivity contribution is 6.30. The minimum Gasteiger partial charge on any atom is -0.385 e. The Hall–Kier alpha value is -1.10. The zero-order valence-corrected chi connectivity index (χ0v) is 13.2. The predicted molar refractivity (Wildman–Crippen MR) is 84.4 cm³/mol. The first kappa shape index (κ1) is 16.3. The number of amides is 1. The first-order chi connectivity index (χ1) is 10.2. The van der Waals surface area contributed by atoms with Crippen molar-refractivity contribution in [3.63, 3.8) is 0 Å². The molecule has 1 aromatic carbocycles. The Kier molecular flexibility index (Phi) is 6.49. The molecule has 2 rings (SSSR count). The van der Waals surface area contributed by atoms with Crippen LogP contribution in [0, 0.1) is 0 Å². The van der Waals surface area contributed by atoms with Crippen molar-refractivity contribution < 1.29 is 9.53 Å². The van der Waals surface area contributed by atoms with E-state index in [0.717, 1.165) is 18.0 Å². The van der Waals surface area contributed by atoms with E-state index in [9.17, 15) is 4.79 Å². The Labute approximate surface area is 131 Å². The number of methoxy groups -OCH3 is 1. The first-order valence-electron chi connectivity index (χ1n) is 7.43. The highest BCUT2D eigenvalue weighted by Gasteiger charge is 2.30. The monoisotopic (exact) mass is 310 g/mol. The zero-order chi connectivity index (χ0) is 15.1. The van der Waals surface area contributed by atoms with Crippen LogP contribution in [-0.2, 0) is 16.1 Å². The van der Waals surface area contributed by atoms with Gasteiger partial charge >= 0.3 is 0 Å². The lowest BCUT2D eigenvalue weighted by Crippen LogP contribution is -2.38. The quantitative estimate of drug-likeness (QED) is 0.712. The molecule has 1 aliphatic carbocycles. The molecule has 0 saturated heterocycles. The van der Waals surface area contributed by atoms with Gasteiger partial charge in [0.25, 0.3) is 0 Å². The molecule has 116 valence electrons. The number of hydrogen-bond acceptors (Lipinski definition) is 3. The molecule has 1 N–H and O–H groups in total. The number of hydrogen-bond donors (Lipinski definition) is 1. The summed E-state index contributed by atoms with van der Waals surface area (Å²) in [7, 11) is 1.67. The van der Waals surface area contributed by atoms with Crippen LogP contribution in [0.2, 0.25) is 5.02 Å². The molecule has 0 atom stereocenters. The van der Waals surface area contributed by atoms with E-state index in [0.29, 0.717) is 25.7 Å². The standard InChI is InChI=1S/C16H23ClN2O2/c1-21-10-2-9-18-16(20)12-19(15-7-8-15)11-13-3-5-14(17)6-4-13/h3-6,15H,2,7-12H2,1H3,(H,18,20). The van der Waals surface area contributed by atoms with Crippen LogP contribution in [0.1, 0.15) is 24.8 Å². The second-order valence-electron chi connectivity index (χ2n) is 5.46. The molecule has 1 aliphatic rings. The lowest BCUT2D eigenvalue weighted by molar-refractivity contribution is -0.122. The van der Waals surface area contributed by atoms with Gasteiger partial charge in [-0.15, -0.1) is 0 Å². The molecule has 0 bridgehead atoms. The van der Waals surface area contributed by atoms with Gasteiger partial charge < -0.3 is 10.1 Å². The SMILES string of the molecule is COCCCNC(=O)CN(Cc1ccc(Cl)cc1)C1CC1. The summed E-state index contributed by atoms with van der Waals surface area (Å²) in [6.07, 6.45) is 3.22. The molecule has 1 saturated carbocycles. The Balaban J connectivity index is 1.79. The summed E-state index contributed by atoms with van der Waals surface area (Å²) in [6.45, 7) is 2.61. The minimum absolute atomic E-state index is 0.0898. The molecule has 0 radical (unpaired) electrons. The molecule has 4 nitrogen and oxygen atoms in total. The largest absolute Gasteiger partial charge is 0.385 e. The van der Waals surface area contributed by atoms with Crippen LogP contribution in [0.4, 0.5) is 0 Å². The van der Waals surface area contributed by atoms with Gasteiger partial charge in [-0.2, -0.15) is 0 Å². The first-order valence-corrected chi connectivity index (χ1v) is 7.81. The summed E-state index contributed by atoms with van der Waals surface area (Å²) in [5.74, 6) is 0.0898. The smallest absolute Gasteiger partial charge is 0.234 e. The maximum atomic E-state index is 12.0. The van der Waals surface area contributed by atoms with Crippen molar-refractivity contribution in [2.75, 3.05) is 26.8 Å². The lowest BCUT2D eigenvalue weighted by Gasteiger charge is -2.21. The fraction of sp³-hybridized carbons (Fsp3) is 0.562. The second kappa shape index (κ2) is 8.37. The van der Waals surface area contributed by atoms with E-state index >= 15 is 0 Å². The van der Waals surface area contributed by atoms with Crippen LogP contribution in [0.3, 0.4) is 0 Å². The van der Waals surface area contributed by atoms with E-state index in [1.807, 2.05) is 24.3 Å². The third-order valence-electron chi connectivity index (χ3n) is 3.56. The van der Waals surface area contributed by atoms with Crippen molar-refractivity contribution in [1.29, 1.82) is 0 Å². The fourth-order valence-corrected chi connectivity index (χ4v) is 2.39. The van der Waals surface area contributed by atoms with Crippen LogP contribution in [0.15, 0.2) is 24.3 Å². The number of carbonyl (C=O) groups excluding carboxylic acids is 1. The number of benzene rings is 1. The van der Waals surface area contributed by atoms with Crippen molar-refractivity contribution in [3.8, 4) is 0 Å². The molecule has 0 heterocycles. The highest BCUT2D eigenvalue weighted by atomic mass is 35.5. The van der Waals surface area contributed by atoms with Gasteiger partial charge in [0.15, 0.2) is 0 Å². The molecule has 0 spiro atoms. The van der Waals surface area contributed by atoms with Gasteiger partial charge in [-0.25, -0.2) is 0 Å². The van der Waals surface area contributed by atoms with E-state index in [1.54, 1.807) is 7.11 Å². The number of nitrogens with one attached hydrogen (secondary N) is 1. The Morgan fingerprint density at radius 1 is 1.38 bits per heavy atom. The molecule has 1 fully saturated rings. The molecule has 21 heavy (non-hydrogen) atoms. The number of ether oxygens (including phenoxy) is 1. The number of carbonyl (C=O) groups is 1. The second-order valence-corrected chi connectivity index (χ2v) is 5.90. The maximum Gasteiger partial charge on any atom is 0.234 e. The van der Waals surface area contributed by atoms with Gasteiger partial charge in [-0.3, -0.25) is 9.69 Å². The fourth-order valence-electron chi connectivity index (χ4n) is 2.26. The summed E-state index contributed by atoms with van der Waals surface area (Å²) in [5.41, 5.74) is 1.19. The number of halogens is 1. The Morgan fingerprint density at radius 3 is 2.71 bits per heavy atom. The Morgan fingerprint density at radius 2 is 2.10 bits per heavy atom. The average molecular weight is 311 g/mol. The van der Waals surface area contributed by atoms with Gasteiger partial charge in [-0.05, 0) is 37.0 Å². The van der Waals surface area contributed by atoms with Gasteiger partial charge in [0, 0.05) is 37.9 Å². The van der Waals surface area contributed by atoms with Crippen molar-refractivity contribution in [2.24, 2.45) is 0 Å². The topological polar surface area (TPSA) is 41.6 Å². The molecule has 1 aromatic rings. The van der Waals surface area contributed by atoms with Crippen LogP contribution < -0.4 is 5.32 Å². The van der Waals surface area contributed by atoms with Crippen LogP contribution in [0.5, 0.6) is 0 Å². The minimum atomic E-state index is 0.0898. The molecule has 0 aliphatic heterocycles. The summed E-state index contributed by atoms with van der Waals surface area (Å²) < 4.78 is 4.97. The predicted octanol–water partition coefficient (Wildman–Crippen LogP) is 2.46. The summed E-state index contributed by atoms with van der Waals surface area (Å²) >= 11 is 5.90. The highest BCUT2D eigenvalue weighted by Crippen LogP contribution is 2.28. The van der Waals surface area contributed by atoms with Crippen LogP contribution in [0.25, 0.3) is 0 Å². The Bertz CT molecular complexity index is 446. The van der Waals surface area contributed by atoms with Crippen LogP contribution >= 0.6 is 11.6 Å². The maximum absolute atomic E-state index is 12.0. The molecular weight excluding hydrogens is 288 g/mol. The number of rotatable bonds is 9. The third-order valence-corrected chi connectivity index (χ3v) is 3.81. The van der Waals surface area contributed by atoms with Gasteiger partial charge in [0.05, 0.1) is 6.54 Å². The van der Waals surface area contributed by atoms with Crippen LogP contribution in [-0.4, -0.2) is 43.7 Å². The zero-order valence-electron chi connectivity index (χ0n) is 12.5. The van der Waals surface area contributed by atoms with Gasteiger partial charge in [0.2, 0.25) is 5.91 Å². The summed E-state index contributed by atoms with van der Waals surface area (Å²) in [5, 5.41) is 3.69. The average Bonchev–Trinajstić information content (AvgIpc) is 3.30. The van der Waals surface area contributed by atoms with Crippen molar-refractivity contribution in [3.05, 3.63) is 34.9 Å². The lowest BCUT2D eigenvalue weighted by atomic mass is 10.2. The molecule has 0 aromatic heterocycles.